The average Bonchev–Trinajstić information content (AvgIpc) is 2.85. The molecule has 1 heterocycles. The zero-order valence-corrected chi connectivity index (χ0v) is 10.7. The minimum atomic E-state index is 0.518. The molecule has 92 valence electrons. The van der Waals surface area contributed by atoms with E-state index in [9.17, 15) is 0 Å². The Morgan fingerprint density at radius 1 is 1.50 bits per heavy atom. The molecule has 4 nitrogen and oxygen atoms in total. The van der Waals surface area contributed by atoms with Gasteiger partial charge in [-0.1, -0.05) is 18.5 Å². The third-order valence-corrected chi connectivity index (χ3v) is 2.59. The third kappa shape index (κ3) is 2.63. The van der Waals surface area contributed by atoms with Crippen LogP contribution in [-0.2, 0) is 0 Å². The van der Waals surface area contributed by atoms with Crippen LogP contribution in [0.1, 0.15) is 18.9 Å². The van der Waals surface area contributed by atoms with E-state index in [1.54, 1.807) is 35.3 Å². The van der Waals surface area contributed by atoms with Gasteiger partial charge < -0.3 is 4.74 Å². The molecule has 0 atom stereocenters. The fourth-order valence-electron chi connectivity index (χ4n) is 1.52. The van der Waals surface area contributed by atoms with Crippen LogP contribution < -0.4 is 4.74 Å². The Labute approximate surface area is 110 Å². The first-order chi connectivity index (χ1) is 8.74. The molecule has 0 bridgehead atoms. The zero-order valence-electron chi connectivity index (χ0n) is 9.93. The van der Waals surface area contributed by atoms with Gasteiger partial charge in [0.05, 0.1) is 30.3 Å². The van der Waals surface area contributed by atoms with Crippen molar-refractivity contribution in [1.82, 2.24) is 9.78 Å². The Kier molecular flexibility index (Phi) is 3.85. The lowest BCUT2D eigenvalue weighted by molar-refractivity contribution is 0.317. The molecule has 0 aliphatic carbocycles. The number of ether oxygens (including phenoxy) is 1. The van der Waals surface area contributed by atoms with E-state index in [-0.39, 0.29) is 0 Å². The van der Waals surface area contributed by atoms with Crippen molar-refractivity contribution >= 4 is 11.6 Å². The third-order valence-electron chi connectivity index (χ3n) is 2.36. The van der Waals surface area contributed by atoms with Crippen LogP contribution in [0.15, 0.2) is 30.6 Å². The second-order valence-electron chi connectivity index (χ2n) is 3.74. The van der Waals surface area contributed by atoms with Crippen molar-refractivity contribution < 1.29 is 4.74 Å². The number of hydrogen-bond donors (Lipinski definition) is 0. The topological polar surface area (TPSA) is 50.8 Å². The minimum absolute atomic E-state index is 0.518. The van der Waals surface area contributed by atoms with Gasteiger partial charge in [0, 0.05) is 5.02 Å². The zero-order chi connectivity index (χ0) is 13.0. The highest BCUT2D eigenvalue weighted by Crippen LogP contribution is 2.21. The van der Waals surface area contributed by atoms with Crippen LogP contribution in [0.5, 0.6) is 5.75 Å². The van der Waals surface area contributed by atoms with E-state index in [0.717, 1.165) is 6.42 Å². The Hall–Kier alpha value is -1.99. The molecule has 0 unspecified atom stereocenters. The lowest BCUT2D eigenvalue weighted by Gasteiger charge is -2.04. The summed E-state index contributed by atoms with van der Waals surface area (Å²) in [5, 5.41) is 13.8. The predicted octanol–water partition coefficient (Wildman–Crippen LogP) is 3.19. The molecule has 0 N–H and O–H groups in total. The van der Waals surface area contributed by atoms with Gasteiger partial charge >= 0.3 is 0 Å². The summed E-state index contributed by atoms with van der Waals surface area (Å²) in [4.78, 5) is 0. The van der Waals surface area contributed by atoms with Crippen molar-refractivity contribution in [2.75, 3.05) is 6.61 Å². The van der Waals surface area contributed by atoms with Gasteiger partial charge in [-0.15, -0.1) is 0 Å². The minimum Gasteiger partial charge on any atom is -0.490 e. The predicted molar refractivity (Wildman–Crippen MR) is 69.1 cm³/mol. The standard InChI is InChI=1S/C13H12ClN3O/c1-2-5-18-12-8-16-17(9-12)13-6-11(14)4-3-10(13)7-15/h3-4,6,8-9H,2,5H2,1H3. The smallest absolute Gasteiger partial charge is 0.157 e. The summed E-state index contributed by atoms with van der Waals surface area (Å²) in [6, 6.07) is 7.17. The summed E-state index contributed by atoms with van der Waals surface area (Å²) in [5.41, 5.74) is 1.17. The molecule has 2 aromatic rings. The maximum Gasteiger partial charge on any atom is 0.157 e. The quantitative estimate of drug-likeness (QED) is 0.849. The molecule has 18 heavy (non-hydrogen) atoms. The Morgan fingerprint density at radius 3 is 3.06 bits per heavy atom. The first-order valence-electron chi connectivity index (χ1n) is 5.62. The Bertz CT molecular complexity index is 586. The molecule has 0 aliphatic rings. The van der Waals surface area contributed by atoms with E-state index in [4.69, 9.17) is 21.6 Å². The summed E-state index contributed by atoms with van der Waals surface area (Å²) >= 11 is 5.93. The van der Waals surface area contributed by atoms with Crippen LogP contribution in [-0.4, -0.2) is 16.4 Å². The summed E-state index contributed by atoms with van der Waals surface area (Å²) in [5.74, 6) is 0.681. The molecular formula is C13H12ClN3O. The van der Waals surface area contributed by atoms with Crippen molar-refractivity contribution in [2.24, 2.45) is 0 Å². The number of nitrogens with zero attached hydrogens (tertiary/aromatic N) is 3. The fourth-order valence-corrected chi connectivity index (χ4v) is 1.69. The van der Waals surface area contributed by atoms with Gasteiger partial charge in [0.2, 0.25) is 0 Å². The molecular weight excluding hydrogens is 250 g/mol. The van der Waals surface area contributed by atoms with E-state index in [1.807, 2.05) is 6.92 Å². The summed E-state index contributed by atoms with van der Waals surface area (Å²) in [6.45, 7) is 2.68. The van der Waals surface area contributed by atoms with Crippen molar-refractivity contribution in [3.05, 3.63) is 41.2 Å². The number of hydrogen-bond acceptors (Lipinski definition) is 3. The van der Waals surface area contributed by atoms with Crippen LogP contribution in [0, 0.1) is 11.3 Å². The van der Waals surface area contributed by atoms with E-state index >= 15 is 0 Å². The molecule has 0 radical (unpaired) electrons. The van der Waals surface area contributed by atoms with Gasteiger partial charge in [-0.05, 0) is 24.6 Å². The van der Waals surface area contributed by atoms with Crippen LogP contribution in [0.4, 0.5) is 0 Å². The van der Waals surface area contributed by atoms with Crippen molar-refractivity contribution in [3.8, 4) is 17.5 Å². The van der Waals surface area contributed by atoms with Crippen molar-refractivity contribution in [1.29, 1.82) is 5.26 Å². The molecule has 1 aromatic carbocycles. The van der Waals surface area contributed by atoms with Gasteiger partial charge in [-0.2, -0.15) is 10.4 Å². The van der Waals surface area contributed by atoms with Crippen LogP contribution >= 0.6 is 11.6 Å². The normalized spacial score (nSPS) is 10.1. The highest BCUT2D eigenvalue weighted by Gasteiger charge is 2.07. The molecule has 1 aromatic heterocycles. The van der Waals surface area contributed by atoms with E-state index in [2.05, 4.69) is 11.2 Å². The molecule has 0 spiro atoms. The molecule has 0 fully saturated rings. The number of benzene rings is 1. The van der Waals surface area contributed by atoms with Crippen molar-refractivity contribution in [2.45, 2.75) is 13.3 Å². The monoisotopic (exact) mass is 261 g/mol. The molecule has 2 rings (SSSR count). The summed E-state index contributed by atoms with van der Waals surface area (Å²) < 4.78 is 7.05. The number of nitriles is 1. The number of rotatable bonds is 4. The van der Waals surface area contributed by atoms with E-state index < -0.39 is 0 Å². The Morgan fingerprint density at radius 2 is 2.33 bits per heavy atom. The highest BCUT2D eigenvalue weighted by atomic mass is 35.5. The maximum absolute atomic E-state index is 9.05. The molecule has 5 heteroatoms. The van der Waals surface area contributed by atoms with Crippen LogP contribution in [0.25, 0.3) is 5.69 Å². The van der Waals surface area contributed by atoms with Gasteiger partial charge in [-0.25, -0.2) is 4.68 Å². The molecule has 0 saturated carbocycles. The maximum atomic E-state index is 9.05. The lowest BCUT2D eigenvalue weighted by atomic mass is 10.2. The van der Waals surface area contributed by atoms with Gasteiger partial charge in [-0.3, -0.25) is 0 Å². The fraction of sp³-hybridized carbons (Fsp3) is 0.231. The van der Waals surface area contributed by atoms with Crippen LogP contribution in [0.3, 0.4) is 0 Å². The van der Waals surface area contributed by atoms with Crippen molar-refractivity contribution in [3.63, 3.8) is 0 Å². The second-order valence-corrected chi connectivity index (χ2v) is 4.18. The van der Waals surface area contributed by atoms with Gasteiger partial charge in [0.15, 0.2) is 5.75 Å². The Balaban J connectivity index is 2.34. The van der Waals surface area contributed by atoms with E-state index in [1.165, 1.54) is 0 Å². The van der Waals surface area contributed by atoms with Gasteiger partial charge in [0.25, 0.3) is 0 Å². The average molecular weight is 262 g/mol. The molecule has 0 saturated heterocycles. The van der Waals surface area contributed by atoms with Gasteiger partial charge in [0.1, 0.15) is 6.07 Å². The number of halogens is 1. The SMILES string of the molecule is CCCOc1cnn(-c2cc(Cl)ccc2C#N)c1. The first-order valence-corrected chi connectivity index (χ1v) is 6.00. The number of aromatic nitrogens is 2. The van der Waals surface area contributed by atoms with Crippen LogP contribution in [0.2, 0.25) is 5.02 Å². The lowest BCUT2D eigenvalue weighted by Crippen LogP contribution is -1.98. The largest absolute Gasteiger partial charge is 0.490 e. The molecule has 0 amide bonds. The highest BCUT2D eigenvalue weighted by molar-refractivity contribution is 6.30. The first kappa shape index (κ1) is 12.5. The summed E-state index contributed by atoms with van der Waals surface area (Å²) in [6.07, 6.45) is 4.30. The molecule has 0 aliphatic heterocycles. The second kappa shape index (κ2) is 5.56. The summed E-state index contributed by atoms with van der Waals surface area (Å²) in [7, 11) is 0. The van der Waals surface area contributed by atoms with E-state index in [0.29, 0.717) is 28.6 Å².